The molecule has 0 spiro atoms. The minimum atomic E-state index is -0.378. The highest BCUT2D eigenvalue weighted by molar-refractivity contribution is 7.80. The Morgan fingerprint density at radius 2 is 1.29 bits per heavy atom. The first-order valence-corrected chi connectivity index (χ1v) is 7.04. The van der Waals surface area contributed by atoms with Gasteiger partial charge in [-0.25, -0.2) is 0 Å². The highest BCUT2D eigenvalue weighted by Crippen LogP contribution is 2.05. The maximum absolute atomic E-state index is 11.6. The zero-order valence-electron chi connectivity index (χ0n) is 11.5. The zero-order valence-corrected chi connectivity index (χ0v) is 12.3. The fourth-order valence-corrected chi connectivity index (χ4v) is 1.87. The summed E-state index contributed by atoms with van der Waals surface area (Å²) in [7, 11) is 0. The largest absolute Gasteiger partial charge is 0.482 e. The van der Waals surface area contributed by atoms with Crippen molar-refractivity contribution in [1.82, 2.24) is 0 Å². The van der Waals surface area contributed by atoms with Crippen molar-refractivity contribution >= 4 is 23.2 Å². The van der Waals surface area contributed by atoms with Crippen LogP contribution in [0.3, 0.4) is 0 Å². The number of hydrogen-bond acceptors (Lipinski definition) is 4. The fraction of sp³-hybridized carbons (Fsp3) is 0.176. The van der Waals surface area contributed by atoms with Crippen LogP contribution >= 0.6 is 12.2 Å². The Kier molecular flexibility index (Phi) is 5.91. The molecule has 0 radical (unpaired) electrons. The van der Waals surface area contributed by atoms with E-state index < -0.39 is 0 Å². The van der Waals surface area contributed by atoms with E-state index in [1.807, 2.05) is 60.7 Å². The number of ether oxygens (including phenoxy) is 2. The van der Waals surface area contributed by atoms with Crippen molar-refractivity contribution in [2.45, 2.75) is 19.6 Å². The normalized spacial score (nSPS) is 9.90. The molecule has 2 aromatic carbocycles. The molecule has 21 heavy (non-hydrogen) atoms. The van der Waals surface area contributed by atoms with Gasteiger partial charge in [0.05, 0.1) is 0 Å². The van der Waals surface area contributed by atoms with Crippen molar-refractivity contribution in [2.75, 3.05) is 0 Å². The summed E-state index contributed by atoms with van der Waals surface area (Å²) in [6.07, 6.45) is -0.00496. The van der Waals surface area contributed by atoms with Crippen molar-refractivity contribution in [3.63, 3.8) is 0 Å². The molecule has 0 aliphatic carbocycles. The lowest BCUT2D eigenvalue weighted by Gasteiger charge is -2.08. The van der Waals surface area contributed by atoms with E-state index in [0.29, 0.717) is 6.61 Å². The van der Waals surface area contributed by atoms with Crippen molar-refractivity contribution in [1.29, 1.82) is 0 Å². The molecular formula is C17H16O3S. The third-order valence-electron chi connectivity index (χ3n) is 2.77. The lowest BCUT2D eigenvalue weighted by Crippen LogP contribution is -2.12. The summed E-state index contributed by atoms with van der Waals surface area (Å²) in [5.41, 5.74) is 1.96. The lowest BCUT2D eigenvalue weighted by atomic mass is 10.2. The van der Waals surface area contributed by atoms with Gasteiger partial charge < -0.3 is 9.47 Å². The van der Waals surface area contributed by atoms with Crippen LogP contribution in [0.1, 0.15) is 17.5 Å². The molecule has 0 saturated heterocycles. The van der Waals surface area contributed by atoms with E-state index in [0.717, 1.165) is 11.1 Å². The average molecular weight is 300 g/mol. The van der Waals surface area contributed by atoms with Gasteiger partial charge in [-0.1, -0.05) is 60.7 Å². The van der Waals surface area contributed by atoms with Gasteiger partial charge in [-0.2, -0.15) is 0 Å². The maximum atomic E-state index is 11.6. The second kappa shape index (κ2) is 8.17. The molecule has 0 saturated carbocycles. The summed E-state index contributed by atoms with van der Waals surface area (Å²) in [6, 6.07) is 19.2. The third kappa shape index (κ3) is 5.75. The van der Waals surface area contributed by atoms with Crippen LogP contribution in [0.2, 0.25) is 0 Å². The molecule has 0 N–H and O–H groups in total. The van der Waals surface area contributed by atoms with E-state index in [1.54, 1.807) is 0 Å². The number of carbonyl (C=O) groups is 1. The van der Waals surface area contributed by atoms with Gasteiger partial charge in [-0.15, -0.1) is 0 Å². The number of thiocarbonyl (C=S) groups is 1. The van der Waals surface area contributed by atoms with Crippen LogP contribution in [0.25, 0.3) is 0 Å². The number of hydrogen-bond donors (Lipinski definition) is 0. The highest BCUT2D eigenvalue weighted by atomic mass is 32.1. The SMILES string of the molecule is O=C(CC(=S)OCc1ccccc1)OCc1ccccc1. The lowest BCUT2D eigenvalue weighted by molar-refractivity contribution is -0.143. The molecule has 0 bridgehead atoms. The van der Waals surface area contributed by atoms with Gasteiger partial charge in [0.15, 0.2) is 5.05 Å². The second-order valence-electron chi connectivity index (χ2n) is 4.47. The molecule has 0 unspecified atom stereocenters. The molecule has 0 aliphatic heterocycles. The van der Waals surface area contributed by atoms with Crippen LogP contribution in [0.15, 0.2) is 60.7 Å². The first kappa shape index (κ1) is 15.2. The highest BCUT2D eigenvalue weighted by Gasteiger charge is 2.09. The molecule has 108 valence electrons. The van der Waals surface area contributed by atoms with Crippen molar-refractivity contribution in [3.05, 3.63) is 71.8 Å². The summed E-state index contributed by atoms with van der Waals surface area (Å²) in [5, 5.41) is 0.247. The Morgan fingerprint density at radius 3 is 1.81 bits per heavy atom. The zero-order chi connectivity index (χ0) is 14.9. The van der Waals surface area contributed by atoms with E-state index in [2.05, 4.69) is 0 Å². The standard InChI is InChI=1S/C17H16O3S/c18-16(19-12-14-7-3-1-4-8-14)11-17(21)20-13-15-9-5-2-6-10-15/h1-10H,11-13H2. The molecule has 0 aromatic heterocycles. The Bertz CT molecular complexity index is 528. The van der Waals surface area contributed by atoms with Gasteiger partial charge in [-0.3, -0.25) is 4.79 Å². The molecule has 0 heterocycles. The number of carbonyl (C=O) groups excluding carboxylic acids is 1. The number of esters is 1. The number of rotatable bonds is 6. The predicted molar refractivity (Wildman–Crippen MR) is 84.7 cm³/mol. The molecule has 0 fully saturated rings. The summed E-state index contributed by atoms with van der Waals surface area (Å²) in [6.45, 7) is 0.618. The first-order valence-electron chi connectivity index (χ1n) is 6.63. The minimum absolute atomic E-state index is 0.00496. The average Bonchev–Trinajstić information content (AvgIpc) is 2.53. The fourth-order valence-electron chi connectivity index (χ4n) is 1.70. The topological polar surface area (TPSA) is 35.5 Å². The molecule has 3 nitrogen and oxygen atoms in total. The van der Waals surface area contributed by atoms with Crippen LogP contribution < -0.4 is 0 Å². The number of benzene rings is 2. The Hall–Kier alpha value is -2.20. The molecular weight excluding hydrogens is 284 g/mol. The van der Waals surface area contributed by atoms with Crippen LogP contribution in [-0.2, 0) is 27.5 Å². The maximum Gasteiger partial charge on any atom is 0.314 e. The summed E-state index contributed by atoms with van der Waals surface area (Å²) >= 11 is 5.04. The van der Waals surface area contributed by atoms with Crippen molar-refractivity contribution in [3.8, 4) is 0 Å². The van der Waals surface area contributed by atoms with E-state index in [4.69, 9.17) is 21.7 Å². The van der Waals surface area contributed by atoms with E-state index >= 15 is 0 Å². The Morgan fingerprint density at radius 1 is 0.810 bits per heavy atom. The van der Waals surface area contributed by atoms with Crippen LogP contribution in [0.5, 0.6) is 0 Å². The third-order valence-corrected chi connectivity index (χ3v) is 3.04. The molecule has 0 amide bonds. The van der Waals surface area contributed by atoms with Crippen molar-refractivity contribution < 1.29 is 14.3 Å². The van der Waals surface area contributed by atoms with Gasteiger partial charge >= 0.3 is 5.97 Å². The van der Waals surface area contributed by atoms with E-state index in [9.17, 15) is 4.79 Å². The van der Waals surface area contributed by atoms with E-state index in [1.165, 1.54) is 0 Å². The van der Waals surface area contributed by atoms with Gasteiger partial charge in [0, 0.05) is 0 Å². The Labute approximate surface area is 129 Å². The first-order chi connectivity index (χ1) is 10.2. The van der Waals surface area contributed by atoms with E-state index in [-0.39, 0.29) is 24.0 Å². The van der Waals surface area contributed by atoms with Crippen molar-refractivity contribution in [2.24, 2.45) is 0 Å². The van der Waals surface area contributed by atoms with Gasteiger partial charge in [0.1, 0.15) is 19.6 Å². The summed E-state index contributed by atoms with van der Waals surface area (Å²) < 4.78 is 10.5. The summed E-state index contributed by atoms with van der Waals surface area (Å²) in [5.74, 6) is -0.378. The van der Waals surface area contributed by atoms with Crippen LogP contribution in [-0.4, -0.2) is 11.0 Å². The van der Waals surface area contributed by atoms with Gasteiger partial charge in [0.25, 0.3) is 0 Å². The molecule has 0 atom stereocenters. The molecule has 2 rings (SSSR count). The molecule has 4 heteroatoms. The smallest absolute Gasteiger partial charge is 0.314 e. The van der Waals surface area contributed by atoms with Gasteiger partial charge in [0.2, 0.25) is 0 Å². The van der Waals surface area contributed by atoms with Crippen LogP contribution in [0.4, 0.5) is 0 Å². The minimum Gasteiger partial charge on any atom is -0.482 e. The molecule has 2 aromatic rings. The summed E-state index contributed by atoms with van der Waals surface area (Å²) in [4.78, 5) is 11.6. The molecule has 0 aliphatic rings. The monoisotopic (exact) mass is 300 g/mol. The second-order valence-corrected chi connectivity index (χ2v) is 4.92. The Balaban J connectivity index is 1.69. The quantitative estimate of drug-likeness (QED) is 0.602. The predicted octanol–water partition coefficient (Wildman–Crippen LogP) is 3.66. The van der Waals surface area contributed by atoms with Gasteiger partial charge in [-0.05, 0) is 23.3 Å². The van der Waals surface area contributed by atoms with Crippen LogP contribution in [0, 0.1) is 0 Å².